The molecule has 2 heteroatoms. The molecule has 3 rings (SSSR count). The van der Waals surface area contributed by atoms with Gasteiger partial charge in [-0.2, -0.15) is 0 Å². The van der Waals surface area contributed by atoms with E-state index in [1.54, 1.807) is 0 Å². The van der Waals surface area contributed by atoms with Crippen molar-refractivity contribution >= 4 is 40.2 Å². The van der Waals surface area contributed by atoms with Crippen molar-refractivity contribution in [2.45, 2.75) is 13.3 Å². The second kappa shape index (κ2) is 9.57. The zero-order valence-electron chi connectivity index (χ0n) is 14.5. The molecule has 0 heterocycles. The molecule has 0 unspecified atom stereocenters. The van der Waals surface area contributed by atoms with Crippen LogP contribution in [0.4, 0.5) is 0 Å². The summed E-state index contributed by atoms with van der Waals surface area (Å²) in [7, 11) is -2.13. The second-order valence-corrected chi connectivity index (χ2v) is 9.78. The van der Waals surface area contributed by atoms with E-state index in [1.165, 1.54) is 15.9 Å². The summed E-state index contributed by atoms with van der Waals surface area (Å²) < 4.78 is 0. The summed E-state index contributed by atoms with van der Waals surface area (Å²) in [5.41, 5.74) is 0. The standard InChI is InChI=1S/C23H23P.BrH/c1-2-3-13-20-24(21-14-7-4-8-15-21,22-16-9-5-10-17-22)23-18-11-6-12-19-23;/h4-12,14-19,24H,2,20H2,1H3;1H. The van der Waals surface area contributed by atoms with Crippen molar-refractivity contribution in [3.8, 4) is 11.8 Å². The third kappa shape index (κ3) is 4.21. The predicted molar refractivity (Wildman–Crippen MR) is 120 cm³/mol. The first-order valence-electron chi connectivity index (χ1n) is 8.50. The Balaban J connectivity index is 0.00000225. The maximum atomic E-state index is 3.48. The Labute approximate surface area is 162 Å². The Morgan fingerprint density at radius 2 is 0.960 bits per heavy atom. The Morgan fingerprint density at radius 3 is 1.28 bits per heavy atom. The topological polar surface area (TPSA) is 0 Å². The van der Waals surface area contributed by atoms with Crippen LogP contribution in [0.3, 0.4) is 0 Å². The van der Waals surface area contributed by atoms with E-state index in [9.17, 15) is 0 Å². The van der Waals surface area contributed by atoms with Crippen molar-refractivity contribution in [1.29, 1.82) is 0 Å². The van der Waals surface area contributed by atoms with Gasteiger partial charge in [0.15, 0.2) is 0 Å². The van der Waals surface area contributed by atoms with Gasteiger partial charge in [-0.1, -0.05) is 0 Å². The molecule has 25 heavy (non-hydrogen) atoms. The molecule has 3 aromatic rings. The quantitative estimate of drug-likeness (QED) is 0.431. The summed E-state index contributed by atoms with van der Waals surface area (Å²) in [6.07, 6.45) is 1.82. The zero-order chi connectivity index (χ0) is 16.7. The number of hydrogen-bond donors (Lipinski definition) is 0. The van der Waals surface area contributed by atoms with Crippen molar-refractivity contribution in [3.05, 3.63) is 91.0 Å². The summed E-state index contributed by atoms with van der Waals surface area (Å²) >= 11 is 0. The fourth-order valence-electron chi connectivity index (χ4n) is 3.29. The van der Waals surface area contributed by atoms with Crippen LogP contribution in [0.5, 0.6) is 0 Å². The van der Waals surface area contributed by atoms with Crippen LogP contribution in [0.15, 0.2) is 91.0 Å². The molecule has 0 bridgehead atoms. The SMILES string of the molecule is Br.CCC#CC[PH](c1ccccc1)(c1ccccc1)c1ccccc1. The Bertz CT molecular complexity index is 721. The van der Waals surface area contributed by atoms with Gasteiger partial charge in [0, 0.05) is 0 Å². The Hall–Kier alpha value is -1.87. The van der Waals surface area contributed by atoms with Gasteiger partial charge in [-0.15, -0.1) is 17.0 Å². The van der Waals surface area contributed by atoms with E-state index < -0.39 is 7.26 Å². The number of hydrogen-bond acceptors (Lipinski definition) is 0. The van der Waals surface area contributed by atoms with Crippen molar-refractivity contribution in [2.24, 2.45) is 0 Å². The van der Waals surface area contributed by atoms with Crippen LogP contribution in [-0.4, -0.2) is 6.16 Å². The monoisotopic (exact) mass is 410 g/mol. The van der Waals surface area contributed by atoms with E-state index in [2.05, 4.69) is 110 Å². The van der Waals surface area contributed by atoms with Gasteiger partial charge in [-0.25, -0.2) is 0 Å². The molecule has 3 aromatic carbocycles. The van der Waals surface area contributed by atoms with Gasteiger partial charge in [0.25, 0.3) is 0 Å². The van der Waals surface area contributed by atoms with E-state index in [1.807, 2.05) is 0 Å². The molecule has 128 valence electrons. The first-order chi connectivity index (χ1) is 11.9. The molecule has 0 aliphatic rings. The van der Waals surface area contributed by atoms with Crippen LogP contribution >= 0.6 is 24.2 Å². The van der Waals surface area contributed by atoms with Crippen LogP contribution in [0.2, 0.25) is 0 Å². The third-order valence-electron chi connectivity index (χ3n) is 4.46. The fourth-order valence-corrected chi connectivity index (χ4v) is 7.58. The molecular weight excluding hydrogens is 387 g/mol. The van der Waals surface area contributed by atoms with Gasteiger partial charge in [0.1, 0.15) is 0 Å². The van der Waals surface area contributed by atoms with Crippen molar-refractivity contribution < 1.29 is 0 Å². The summed E-state index contributed by atoms with van der Waals surface area (Å²) in [5.74, 6) is 6.78. The number of benzene rings is 3. The van der Waals surface area contributed by atoms with Gasteiger partial charge in [0.05, 0.1) is 0 Å². The van der Waals surface area contributed by atoms with Crippen LogP contribution in [0.1, 0.15) is 13.3 Å². The van der Waals surface area contributed by atoms with E-state index in [0.717, 1.165) is 12.6 Å². The van der Waals surface area contributed by atoms with Crippen LogP contribution in [0.25, 0.3) is 0 Å². The van der Waals surface area contributed by atoms with E-state index in [-0.39, 0.29) is 17.0 Å². The van der Waals surface area contributed by atoms with Crippen LogP contribution < -0.4 is 15.9 Å². The summed E-state index contributed by atoms with van der Waals surface area (Å²) in [6, 6.07) is 32.8. The molecule has 0 radical (unpaired) electrons. The maximum absolute atomic E-state index is 3.48. The predicted octanol–water partition coefficient (Wildman–Crippen LogP) is 4.70. The molecule has 0 fully saturated rings. The average Bonchev–Trinajstić information content (AvgIpc) is 2.68. The molecule has 0 saturated carbocycles. The normalized spacial score (nSPS) is 10.9. The third-order valence-corrected chi connectivity index (χ3v) is 9.12. The van der Waals surface area contributed by atoms with E-state index in [4.69, 9.17) is 0 Å². The molecular formula is C23H24BrP. The van der Waals surface area contributed by atoms with Crippen LogP contribution in [0, 0.1) is 11.8 Å². The van der Waals surface area contributed by atoms with Crippen molar-refractivity contribution in [2.75, 3.05) is 6.16 Å². The summed E-state index contributed by atoms with van der Waals surface area (Å²) in [4.78, 5) is 0. The molecule has 0 aliphatic heterocycles. The van der Waals surface area contributed by atoms with Gasteiger partial charge in [0.2, 0.25) is 0 Å². The van der Waals surface area contributed by atoms with E-state index in [0.29, 0.717) is 0 Å². The first kappa shape index (κ1) is 19.5. The molecule has 0 spiro atoms. The molecule has 0 N–H and O–H groups in total. The molecule has 0 saturated heterocycles. The van der Waals surface area contributed by atoms with Crippen LogP contribution in [-0.2, 0) is 0 Å². The van der Waals surface area contributed by atoms with Gasteiger partial charge >= 0.3 is 146 Å². The van der Waals surface area contributed by atoms with Gasteiger partial charge in [-0.3, -0.25) is 0 Å². The molecule has 0 aliphatic carbocycles. The molecule has 0 amide bonds. The van der Waals surface area contributed by atoms with E-state index >= 15 is 0 Å². The summed E-state index contributed by atoms with van der Waals surface area (Å²) in [6.45, 7) is 2.11. The molecule has 0 atom stereocenters. The average molecular weight is 411 g/mol. The Kier molecular flexibility index (Phi) is 7.45. The molecule has 0 nitrogen and oxygen atoms in total. The fraction of sp³-hybridized carbons (Fsp3) is 0.130. The minimum atomic E-state index is -2.13. The van der Waals surface area contributed by atoms with Crippen molar-refractivity contribution in [1.82, 2.24) is 0 Å². The summed E-state index contributed by atoms with van der Waals surface area (Å²) in [5, 5.41) is 4.27. The second-order valence-electron chi connectivity index (χ2n) is 5.89. The first-order valence-corrected chi connectivity index (χ1v) is 10.7. The molecule has 0 aromatic heterocycles. The minimum absolute atomic E-state index is 0. The number of halogens is 1. The zero-order valence-corrected chi connectivity index (χ0v) is 17.2. The van der Waals surface area contributed by atoms with Gasteiger partial charge in [-0.05, 0) is 0 Å². The Morgan fingerprint density at radius 1 is 0.600 bits per heavy atom. The number of rotatable bonds is 4. The van der Waals surface area contributed by atoms with Gasteiger partial charge < -0.3 is 0 Å². The van der Waals surface area contributed by atoms with Crippen molar-refractivity contribution in [3.63, 3.8) is 0 Å².